The molecule has 0 unspecified atom stereocenters. The second kappa shape index (κ2) is 6.83. The number of aromatic carboxylic acids is 1. The first kappa shape index (κ1) is 15.1. The number of aromatic nitrogens is 2. The molecule has 2 aromatic rings. The van der Waals surface area contributed by atoms with E-state index >= 15 is 0 Å². The molecule has 0 aliphatic rings. The number of hydrogen-bond acceptors (Lipinski definition) is 5. The van der Waals surface area contributed by atoms with Crippen LogP contribution in [0.4, 0.5) is 0 Å². The number of hydrogen-bond donors (Lipinski definition) is 5. The molecule has 20 heavy (non-hydrogen) atoms. The Morgan fingerprint density at radius 2 is 1.90 bits per heavy atom. The minimum atomic E-state index is -1.29. The van der Waals surface area contributed by atoms with Gasteiger partial charge in [-0.3, -0.25) is 0 Å². The second-order valence-corrected chi connectivity index (χ2v) is 3.70. The smallest absolute Gasteiger partial charge is 0.335 e. The van der Waals surface area contributed by atoms with Crippen molar-refractivity contribution in [1.29, 1.82) is 0 Å². The van der Waals surface area contributed by atoms with E-state index in [1.165, 1.54) is 0 Å². The molecule has 0 radical (unpaired) electrons. The van der Waals surface area contributed by atoms with Crippen molar-refractivity contribution in [3.63, 3.8) is 0 Å². The highest BCUT2D eigenvalue weighted by molar-refractivity contribution is 5.89. The van der Waals surface area contributed by atoms with Gasteiger partial charge in [0.15, 0.2) is 17.2 Å². The van der Waals surface area contributed by atoms with Crippen molar-refractivity contribution in [1.82, 2.24) is 9.97 Å². The summed E-state index contributed by atoms with van der Waals surface area (Å²) in [6.07, 6.45) is 6.18. The van der Waals surface area contributed by atoms with Gasteiger partial charge in [0.2, 0.25) is 0 Å². The number of H-pyrrole nitrogens is 1. The highest BCUT2D eigenvalue weighted by Crippen LogP contribution is 2.35. The zero-order valence-electron chi connectivity index (χ0n) is 10.4. The van der Waals surface area contributed by atoms with Gasteiger partial charge in [0.1, 0.15) is 5.82 Å². The Hall–Kier alpha value is -2.96. The molecule has 7 nitrogen and oxygen atoms in total. The van der Waals surface area contributed by atoms with Crippen LogP contribution in [0.2, 0.25) is 0 Å². The normalized spacial score (nSPS) is 9.40. The first-order valence-electron chi connectivity index (χ1n) is 5.53. The zero-order valence-corrected chi connectivity index (χ0v) is 10.4. The quantitative estimate of drug-likeness (QED) is 0.429. The maximum atomic E-state index is 10.3. The Kier molecular flexibility index (Phi) is 5.16. The molecule has 106 valence electrons. The van der Waals surface area contributed by atoms with Crippen molar-refractivity contribution in [2.75, 3.05) is 0 Å². The van der Waals surface area contributed by atoms with Crippen LogP contribution >= 0.6 is 0 Å². The lowest BCUT2D eigenvalue weighted by Gasteiger charge is -2.01. The summed E-state index contributed by atoms with van der Waals surface area (Å²) in [5.74, 6) is -2.36. The third-order valence-electron chi connectivity index (χ3n) is 2.21. The molecule has 0 atom stereocenters. The molecule has 2 rings (SSSR count). The zero-order chi connectivity index (χ0) is 15.1. The number of carboxylic acid groups (broad SMARTS) is 1. The van der Waals surface area contributed by atoms with Gasteiger partial charge in [-0.2, -0.15) is 0 Å². The fourth-order valence-corrected chi connectivity index (χ4v) is 1.27. The highest BCUT2D eigenvalue weighted by atomic mass is 16.4. The first-order chi connectivity index (χ1) is 9.45. The molecule has 7 heteroatoms. The van der Waals surface area contributed by atoms with Gasteiger partial charge >= 0.3 is 5.97 Å². The number of rotatable bonds is 3. The molecule has 0 bridgehead atoms. The third-order valence-corrected chi connectivity index (χ3v) is 2.21. The molecule has 0 aliphatic heterocycles. The number of imidazole rings is 1. The number of allylic oxidation sites excluding steroid dienone is 1. The number of carboxylic acids is 1. The van der Waals surface area contributed by atoms with Crippen LogP contribution in [0.3, 0.4) is 0 Å². The molecule has 0 amide bonds. The Labute approximate surface area is 114 Å². The van der Waals surface area contributed by atoms with E-state index in [4.69, 9.17) is 20.4 Å². The molecular formula is C13H14N2O5. The van der Waals surface area contributed by atoms with E-state index in [1.54, 1.807) is 12.4 Å². The van der Waals surface area contributed by atoms with Crippen molar-refractivity contribution < 1.29 is 25.2 Å². The number of benzene rings is 1. The second-order valence-electron chi connectivity index (χ2n) is 3.70. The molecule has 5 N–H and O–H groups in total. The number of nitrogens with one attached hydrogen (secondary N) is 1. The monoisotopic (exact) mass is 278 g/mol. The highest BCUT2D eigenvalue weighted by Gasteiger charge is 2.11. The van der Waals surface area contributed by atoms with E-state index < -0.39 is 23.2 Å². The number of carbonyl (C=O) groups is 1. The molecule has 0 aliphatic carbocycles. The standard InChI is InChI=1S/C7H6O5.C6H8N2/c8-4-1-3(7(11)12)2-5(9)6(4)10;1-2-3-6-7-4-5-8-6/h1-2,8-10H,(H,11,12);2,4-5H,1,3H2,(H,7,8). The lowest BCUT2D eigenvalue weighted by Crippen LogP contribution is -1.95. The van der Waals surface area contributed by atoms with E-state index in [2.05, 4.69) is 16.5 Å². The summed E-state index contributed by atoms with van der Waals surface area (Å²) >= 11 is 0. The van der Waals surface area contributed by atoms with Gasteiger partial charge in [0.05, 0.1) is 5.56 Å². The molecule has 1 aromatic carbocycles. The summed E-state index contributed by atoms with van der Waals surface area (Å²) < 4.78 is 0. The van der Waals surface area contributed by atoms with Crippen LogP contribution in [0, 0.1) is 0 Å². The fraction of sp³-hybridized carbons (Fsp3) is 0.0769. The summed E-state index contributed by atoms with van der Waals surface area (Å²) in [5.41, 5.74) is -0.289. The largest absolute Gasteiger partial charge is 0.504 e. The van der Waals surface area contributed by atoms with Crippen molar-refractivity contribution in [3.05, 3.63) is 48.6 Å². The average Bonchev–Trinajstić information content (AvgIpc) is 2.89. The van der Waals surface area contributed by atoms with Gasteiger partial charge in [0.25, 0.3) is 0 Å². The number of phenolic OH excluding ortho intramolecular Hbond substituents is 3. The van der Waals surface area contributed by atoms with Crippen LogP contribution in [0.5, 0.6) is 17.2 Å². The van der Waals surface area contributed by atoms with Gasteiger partial charge in [-0.1, -0.05) is 6.08 Å². The molecular weight excluding hydrogens is 264 g/mol. The van der Waals surface area contributed by atoms with Crippen LogP contribution < -0.4 is 0 Å². The van der Waals surface area contributed by atoms with Crippen molar-refractivity contribution in [2.24, 2.45) is 0 Å². The number of aromatic amines is 1. The SMILES string of the molecule is C=CCc1ncc[nH]1.O=C(O)c1cc(O)c(O)c(O)c1. The summed E-state index contributed by atoms with van der Waals surface area (Å²) in [4.78, 5) is 17.2. The van der Waals surface area contributed by atoms with Crippen molar-refractivity contribution in [2.45, 2.75) is 6.42 Å². The Morgan fingerprint density at radius 3 is 2.30 bits per heavy atom. The van der Waals surface area contributed by atoms with Gasteiger partial charge in [-0.25, -0.2) is 9.78 Å². The summed E-state index contributed by atoms with van der Waals surface area (Å²) in [6, 6.07) is 1.69. The molecule has 0 fully saturated rings. The summed E-state index contributed by atoms with van der Waals surface area (Å²) in [7, 11) is 0. The van der Waals surface area contributed by atoms with Crippen molar-refractivity contribution >= 4 is 5.97 Å². The van der Waals surface area contributed by atoms with Crippen molar-refractivity contribution in [3.8, 4) is 17.2 Å². The topological polar surface area (TPSA) is 127 Å². The molecule has 0 spiro atoms. The number of phenols is 3. The average molecular weight is 278 g/mol. The summed E-state index contributed by atoms with van der Waals surface area (Å²) in [6.45, 7) is 3.58. The minimum absolute atomic E-state index is 0.289. The van der Waals surface area contributed by atoms with Gasteiger partial charge in [-0.05, 0) is 12.1 Å². The number of aromatic hydroxyl groups is 3. The third kappa shape index (κ3) is 4.05. The van der Waals surface area contributed by atoms with Crippen LogP contribution in [0.15, 0.2) is 37.2 Å². The molecule has 0 saturated heterocycles. The predicted molar refractivity (Wildman–Crippen MR) is 70.9 cm³/mol. The van der Waals surface area contributed by atoms with E-state index in [1.807, 2.05) is 6.08 Å². The predicted octanol–water partition coefficient (Wildman–Crippen LogP) is 1.64. The van der Waals surface area contributed by atoms with Gasteiger partial charge < -0.3 is 25.4 Å². The van der Waals surface area contributed by atoms with E-state index in [-0.39, 0.29) is 5.56 Å². The van der Waals surface area contributed by atoms with Crippen LogP contribution in [0.25, 0.3) is 0 Å². The maximum Gasteiger partial charge on any atom is 0.335 e. The van der Waals surface area contributed by atoms with Crippen LogP contribution in [0.1, 0.15) is 16.2 Å². The van der Waals surface area contributed by atoms with Crippen LogP contribution in [-0.4, -0.2) is 36.4 Å². The Balaban J connectivity index is 0.000000217. The van der Waals surface area contributed by atoms with E-state index in [0.29, 0.717) is 0 Å². The van der Waals surface area contributed by atoms with Gasteiger partial charge in [0, 0.05) is 18.8 Å². The number of nitrogens with zero attached hydrogens (tertiary/aromatic N) is 1. The maximum absolute atomic E-state index is 10.3. The molecule has 0 saturated carbocycles. The Bertz CT molecular complexity index is 570. The summed E-state index contributed by atoms with van der Waals surface area (Å²) in [5, 5.41) is 35.0. The minimum Gasteiger partial charge on any atom is -0.504 e. The fourth-order valence-electron chi connectivity index (χ4n) is 1.27. The first-order valence-corrected chi connectivity index (χ1v) is 5.53. The van der Waals surface area contributed by atoms with Gasteiger partial charge in [-0.15, -0.1) is 6.58 Å². The Morgan fingerprint density at radius 1 is 1.30 bits per heavy atom. The lowest BCUT2D eigenvalue weighted by atomic mass is 10.2. The molecule has 1 aromatic heterocycles. The molecule has 1 heterocycles. The van der Waals surface area contributed by atoms with E-state index in [9.17, 15) is 4.79 Å². The van der Waals surface area contributed by atoms with Crippen LogP contribution in [-0.2, 0) is 6.42 Å². The van der Waals surface area contributed by atoms with E-state index in [0.717, 1.165) is 24.4 Å². The lowest BCUT2D eigenvalue weighted by molar-refractivity contribution is 0.0696.